The maximum Gasteiger partial charge on any atom is 0.222 e. The van der Waals surface area contributed by atoms with Gasteiger partial charge in [-0.15, -0.1) is 0 Å². The molecule has 1 saturated heterocycles. The minimum Gasteiger partial charge on any atom is -0.383 e. The number of hydrazine groups is 3. The van der Waals surface area contributed by atoms with Crippen molar-refractivity contribution in [2.45, 2.75) is 25.7 Å². The van der Waals surface area contributed by atoms with Crippen LogP contribution in [0, 0.1) is 0 Å². The number of amides is 1. The van der Waals surface area contributed by atoms with E-state index in [1.54, 1.807) is 7.11 Å². The van der Waals surface area contributed by atoms with Crippen LogP contribution in [0.25, 0.3) is 10.9 Å². The first-order valence-electron chi connectivity index (χ1n) is 7.64. The standard InChI is InChI=1S/C15H22N6O2/c1-23-9-8-21-10-11(12-4-2-3-5-13(12)21)6-7-14(22)16-15-17-19-20-18-15/h2-5,10,15,17-20H,6-9H2,1H3,(H,16,22). The van der Waals surface area contributed by atoms with Gasteiger partial charge in [-0.25, -0.2) is 10.9 Å². The summed E-state index contributed by atoms with van der Waals surface area (Å²) in [7, 11) is 1.70. The van der Waals surface area contributed by atoms with E-state index in [0.717, 1.165) is 6.54 Å². The quantitative estimate of drug-likeness (QED) is 0.483. The van der Waals surface area contributed by atoms with Crippen LogP contribution in [0.4, 0.5) is 0 Å². The Morgan fingerprint density at radius 3 is 2.87 bits per heavy atom. The molecule has 2 aromatic rings. The van der Waals surface area contributed by atoms with Gasteiger partial charge in [-0.05, 0) is 18.1 Å². The Bertz CT molecular complexity index is 665. The average molecular weight is 318 g/mol. The second-order valence-electron chi connectivity index (χ2n) is 5.40. The largest absolute Gasteiger partial charge is 0.383 e. The Labute approximate surface area is 134 Å². The lowest BCUT2D eigenvalue weighted by Crippen LogP contribution is -2.49. The molecule has 3 rings (SSSR count). The average Bonchev–Trinajstić information content (AvgIpc) is 3.19. The van der Waals surface area contributed by atoms with Gasteiger partial charge in [0.15, 0.2) is 6.29 Å². The highest BCUT2D eigenvalue weighted by Gasteiger charge is 2.15. The van der Waals surface area contributed by atoms with Gasteiger partial charge in [0, 0.05) is 37.2 Å². The van der Waals surface area contributed by atoms with E-state index in [1.165, 1.54) is 16.5 Å². The van der Waals surface area contributed by atoms with Crippen molar-refractivity contribution < 1.29 is 9.53 Å². The number of hydrogen-bond acceptors (Lipinski definition) is 6. The van der Waals surface area contributed by atoms with Crippen LogP contribution in [-0.4, -0.2) is 30.5 Å². The molecule has 1 amide bonds. The van der Waals surface area contributed by atoms with Crippen LogP contribution in [0.5, 0.6) is 0 Å². The third-order valence-electron chi connectivity index (χ3n) is 3.83. The number of fused-ring (bicyclic) bond motifs is 1. The van der Waals surface area contributed by atoms with Gasteiger partial charge in [0.1, 0.15) is 0 Å². The second kappa shape index (κ2) is 7.53. The molecule has 0 aliphatic carbocycles. The Hall–Kier alpha value is -1.97. The lowest BCUT2D eigenvalue weighted by atomic mass is 10.1. The van der Waals surface area contributed by atoms with Crippen molar-refractivity contribution in [3.63, 3.8) is 0 Å². The number of benzene rings is 1. The lowest BCUT2D eigenvalue weighted by Gasteiger charge is -2.10. The molecule has 0 radical (unpaired) electrons. The van der Waals surface area contributed by atoms with Gasteiger partial charge in [-0.2, -0.15) is 11.1 Å². The molecular formula is C15H22N6O2. The summed E-state index contributed by atoms with van der Waals surface area (Å²) in [6, 6.07) is 8.24. The molecule has 0 bridgehead atoms. The molecule has 1 aliphatic rings. The molecule has 0 atom stereocenters. The number of methoxy groups -OCH3 is 1. The highest BCUT2D eigenvalue weighted by molar-refractivity contribution is 5.85. The number of carbonyl (C=O) groups excluding carboxylic acids is 1. The van der Waals surface area contributed by atoms with Crippen LogP contribution in [0.1, 0.15) is 12.0 Å². The van der Waals surface area contributed by atoms with Crippen molar-refractivity contribution in [3.05, 3.63) is 36.0 Å². The van der Waals surface area contributed by atoms with Gasteiger partial charge < -0.3 is 14.6 Å². The van der Waals surface area contributed by atoms with Gasteiger partial charge in [0.25, 0.3) is 0 Å². The Morgan fingerprint density at radius 1 is 1.30 bits per heavy atom. The molecule has 1 aliphatic heterocycles. The van der Waals surface area contributed by atoms with E-state index >= 15 is 0 Å². The first-order chi connectivity index (χ1) is 11.3. The fourth-order valence-corrected chi connectivity index (χ4v) is 2.70. The molecular weight excluding hydrogens is 296 g/mol. The number of aromatic nitrogens is 1. The number of carbonyl (C=O) groups is 1. The van der Waals surface area contributed by atoms with E-state index < -0.39 is 0 Å². The first kappa shape index (κ1) is 15.9. The monoisotopic (exact) mass is 318 g/mol. The zero-order valence-corrected chi connectivity index (χ0v) is 13.1. The molecule has 1 fully saturated rings. The second-order valence-corrected chi connectivity index (χ2v) is 5.40. The summed E-state index contributed by atoms with van der Waals surface area (Å²) < 4.78 is 7.35. The van der Waals surface area contributed by atoms with Gasteiger partial charge >= 0.3 is 0 Å². The fourth-order valence-electron chi connectivity index (χ4n) is 2.70. The van der Waals surface area contributed by atoms with Gasteiger partial charge in [-0.3, -0.25) is 4.79 Å². The summed E-state index contributed by atoms with van der Waals surface area (Å²) in [6.07, 6.45) is 2.93. The highest BCUT2D eigenvalue weighted by atomic mass is 16.5. The molecule has 1 aromatic heterocycles. The number of nitrogens with zero attached hydrogens (tertiary/aromatic N) is 1. The third-order valence-corrected chi connectivity index (χ3v) is 3.83. The molecule has 8 nitrogen and oxygen atoms in total. The zero-order chi connectivity index (χ0) is 16.1. The van der Waals surface area contributed by atoms with Crippen molar-refractivity contribution >= 4 is 16.8 Å². The molecule has 124 valence electrons. The molecule has 8 heteroatoms. The van der Waals surface area contributed by atoms with Gasteiger partial charge in [0.2, 0.25) is 5.91 Å². The maximum atomic E-state index is 12.0. The molecule has 2 heterocycles. The third kappa shape index (κ3) is 3.87. The van der Waals surface area contributed by atoms with E-state index in [9.17, 15) is 4.79 Å². The Balaban J connectivity index is 1.65. The smallest absolute Gasteiger partial charge is 0.222 e. The van der Waals surface area contributed by atoms with Crippen molar-refractivity contribution in [1.29, 1.82) is 0 Å². The predicted molar refractivity (Wildman–Crippen MR) is 86.6 cm³/mol. The van der Waals surface area contributed by atoms with Crippen LogP contribution >= 0.6 is 0 Å². The number of nitrogens with one attached hydrogen (secondary N) is 5. The number of aryl methyl sites for hydroxylation is 1. The Morgan fingerprint density at radius 2 is 2.09 bits per heavy atom. The number of rotatable bonds is 7. The van der Waals surface area contributed by atoms with Gasteiger partial charge in [0.05, 0.1) is 6.61 Å². The van der Waals surface area contributed by atoms with E-state index in [-0.39, 0.29) is 12.2 Å². The Kier molecular flexibility index (Phi) is 5.21. The van der Waals surface area contributed by atoms with Crippen molar-refractivity contribution in [1.82, 2.24) is 31.8 Å². The normalized spacial score (nSPS) is 15.3. The summed E-state index contributed by atoms with van der Waals surface area (Å²) in [5, 5.41) is 4.02. The van der Waals surface area contributed by atoms with Crippen molar-refractivity contribution in [2.75, 3.05) is 13.7 Å². The minimum absolute atomic E-state index is 0.0192. The van der Waals surface area contributed by atoms with E-state index in [2.05, 4.69) is 50.1 Å². The maximum absolute atomic E-state index is 12.0. The van der Waals surface area contributed by atoms with Crippen molar-refractivity contribution in [2.24, 2.45) is 0 Å². The fraction of sp³-hybridized carbons (Fsp3) is 0.400. The molecule has 5 N–H and O–H groups in total. The summed E-state index contributed by atoms with van der Waals surface area (Å²) >= 11 is 0. The van der Waals surface area contributed by atoms with E-state index in [1.807, 2.05) is 12.1 Å². The molecule has 0 unspecified atom stereocenters. The number of ether oxygens (including phenoxy) is 1. The SMILES string of the molecule is COCCn1cc(CCC(=O)NC2NNNN2)c2ccccc21. The molecule has 1 aromatic carbocycles. The van der Waals surface area contributed by atoms with Crippen LogP contribution in [-0.2, 0) is 22.5 Å². The first-order valence-corrected chi connectivity index (χ1v) is 7.64. The molecule has 23 heavy (non-hydrogen) atoms. The number of para-hydroxylation sites is 1. The van der Waals surface area contributed by atoms with Gasteiger partial charge in [-0.1, -0.05) is 18.2 Å². The summed E-state index contributed by atoms with van der Waals surface area (Å²) in [6.45, 7) is 1.47. The topological polar surface area (TPSA) is 91.4 Å². The van der Waals surface area contributed by atoms with Crippen LogP contribution in [0.3, 0.4) is 0 Å². The summed E-state index contributed by atoms with van der Waals surface area (Å²) in [4.78, 5) is 12.0. The molecule has 0 spiro atoms. The van der Waals surface area contributed by atoms with E-state index in [4.69, 9.17) is 4.74 Å². The van der Waals surface area contributed by atoms with Crippen LogP contribution in [0.15, 0.2) is 30.5 Å². The van der Waals surface area contributed by atoms with Crippen LogP contribution in [0.2, 0.25) is 0 Å². The van der Waals surface area contributed by atoms with Crippen molar-refractivity contribution in [3.8, 4) is 0 Å². The highest BCUT2D eigenvalue weighted by Crippen LogP contribution is 2.22. The zero-order valence-electron chi connectivity index (χ0n) is 13.1. The minimum atomic E-state index is -0.314. The van der Waals surface area contributed by atoms with Crippen LogP contribution < -0.4 is 27.2 Å². The molecule has 0 saturated carbocycles. The number of hydrogen-bond donors (Lipinski definition) is 5. The summed E-state index contributed by atoms with van der Waals surface area (Å²) in [5.74, 6) is -0.0192. The lowest BCUT2D eigenvalue weighted by molar-refractivity contribution is -0.122. The van der Waals surface area contributed by atoms with E-state index in [0.29, 0.717) is 19.4 Å². The predicted octanol–water partition coefficient (Wildman–Crippen LogP) is -0.263. The summed E-state index contributed by atoms with van der Waals surface area (Å²) in [5.41, 5.74) is 13.3.